The Balaban J connectivity index is 1.78. The van der Waals surface area contributed by atoms with Crippen molar-refractivity contribution >= 4 is 83.5 Å². The summed E-state index contributed by atoms with van der Waals surface area (Å²) in [6.07, 6.45) is -0.959. The van der Waals surface area contributed by atoms with E-state index in [9.17, 15) is 24.0 Å². The summed E-state index contributed by atoms with van der Waals surface area (Å²) in [7, 11) is 6.78. The van der Waals surface area contributed by atoms with Gasteiger partial charge in [-0.15, -0.1) is 34.9 Å². The van der Waals surface area contributed by atoms with Crippen molar-refractivity contribution in [2.45, 2.75) is 94.1 Å². The molecule has 2 amide bonds. The van der Waals surface area contributed by atoms with Crippen LogP contribution in [0.2, 0.25) is 0 Å². The number of esters is 1. The van der Waals surface area contributed by atoms with Gasteiger partial charge in [0.2, 0.25) is 11.5 Å². The fraction of sp³-hybridized carbons (Fsp3) is 0.690. The number of nitrogens with zero attached hydrogens (tertiary/aromatic N) is 3. The molecule has 0 saturated carbocycles. The Labute approximate surface area is 293 Å². The Bertz CT molecular complexity index is 1430. The zero-order valence-electron chi connectivity index (χ0n) is 28.4. The van der Waals surface area contributed by atoms with Gasteiger partial charge in [0.15, 0.2) is 20.7 Å². The van der Waals surface area contributed by atoms with Gasteiger partial charge in [-0.25, -0.2) is 14.6 Å². The van der Waals surface area contributed by atoms with E-state index in [1.165, 1.54) is 31.2 Å². The SMILES string of the molecule is [B]OC(=O)[C@@]1(SC[C@@H](COC)NC(=O)OC(C)(C)C)CN2C(=O)[C@@H](CC(=O)/C(=N\OC(C)(C)C(=O)OC(C)(C)C)c3csc(N)n3)C2S1. The van der Waals surface area contributed by atoms with E-state index < -0.39 is 62.0 Å². The number of hydrogen-bond acceptors (Lipinski definition) is 16. The first-order chi connectivity index (χ1) is 22.1. The highest BCUT2D eigenvalue weighted by atomic mass is 32.2. The molecule has 264 valence electrons. The lowest BCUT2D eigenvalue weighted by Gasteiger charge is -2.41. The van der Waals surface area contributed by atoms with Gasteiger partial charge in [-0.2, -0.15) is 0 Å². The Morgan fingerprint density at radius 2 is 1.81 bits per heavy atom. The molecule has 0 spiro atoms. The van der Waals surface area contributed by atoms with Crippen molar-refractivity contribution in [2.24, 2.45) is 11.1 Å². The number of rotatable bonds is 14. The molecule has 3 heterocycles. The van der Waals surface area contributed by atoms with Crippen LogP contribution in [0, 0.1) is 5.92 Å². The third-order valence-corrected chi connectivity index (χ3v) is 10.8. The van der Waals surface area contributed by atoms with Crippen LogP contribution in [-0.2, 0) is 42.9 Å². The molecule has 1 unspecified atom stereocenters. The summed E-state index contributed by atoms with van der Waals surface area (Å²) < 4.78 is 19.3. The van der Waals surface area contributed by atoms with Crippen molar-refractivity contribution in [1.82, 2.24) is 15.2 Å². The summed E-state index contributed by atoms with van der Waals surface area (Å²) >= 11 is 3.34. The molecule has 1 aromatic heterocycles. The van der Waals surface area contributed by atoms with E-state index in [0.29, 0.717) is 0 Å². The summed E-state index contributed by atoms with van der Waals surface area (Å²) in [5.41, 5.74) is 2.61. The van der Waals surface area contributed by atoms with Crippen LogP contribution >= 0.6 is 34.9 Å². The van der Waals surface area contributed by atoms with Gasteiger partial charge < -0.3 is 39.7 Å². The van der Waals surface area contributed by atoms with Gasteiger partial charge in [0.25, 0.3) is 0 Å². The van der Waals surface area contributed by atoms with E-state index in [4.69, 9.17) is 32.8 Å². The molecule has 4 atom stereocenters. The molecular weight excluding hydrogens is 685 g/mol. The third-order valence-electron chi connectivity index (χ3n) is 6.66. The topological polar surface area (TPSA) is 198 Å². The van der Waals surface area contributed by atoms with Crippen LogP contribution in [0.3, 0.4) is 0 Å². The average Bonchev–Trinajstić information content (AvgIpc) is 3.54. The molecule has 3 rings (SSSR count). The maximum Gasteiger partial charge on any atom is 0.407 e. The largest absolute Gasteiger partial charge is 0.542 e. The fourth-order valence-corrected chi connectivity index (χ4v) is 8.26. The number of methoxy groups -OCH3 is 1. The third kappa shape index (κ3) is 10.0. The summed E-state index contributed by atoms with van der Waals surface area (Å²) in [4.78, 5) is 76.3. The van der Waals surface area contributed by atoms with E-state index >= 15 is 0 Å². The first-order valence-electron chi connectivity index (χ1n) is 14.9. The van der Waals surface area contributed by atoms with Gasteiger partial charge in [-0.1, -0.05) is 5.16 Å². The number of amides is 2. The van der Waals surface area contributed by atoms with Crippen LogP contribution in [0.1, 0.15) is 67.5 Å². The summed E-state index contributed by atoms with van der Waals surface area (Å²) in [6.45, 7) is 13.3. The molecule has 15 nitrogen and oxygen atoms in total. The van der Waals surface area contributed by atoms with Gasteiger partial charge >= 0.3 is 26.1 Å². The van der Waals surface area contributed by atoms with Crippen LogP contribution in [-0.4, -0.2) is 112 Å². The number of ether oxygens (including phenoxy) is 3. The van der Waals surface area contributed by atoms with Gasteiger partial charge in [0.05, 0.1) is 30.5 Å². The molecule has 2 fully saturated rings. The number of nitrogens with one attached hydrogen (secondary N) is 1. The summed E-state index contributed by atoms with van der Waals surface area (Å²) in [6, 6.07) is -0.562. The van der Waals surface area contributed by atoms with Crippen LogP contribution < -0.4 is 11.1 Å². The quantitative estimate of drug-likeness (QED) is 0.0932. The highest BCUT2D eigenvalue weighted by molar-refractivity contribution is 8.20. The molecule has 19 heteroatoms. The lowest BCUT2D eigenvalue weighted by molar-refractivity contribution is -0.179. The number of aromatic nitrogens is 1. The molecule has 0 aromatic carbocycles. The Hall–Kier alpha value is -3.03. The van der Waals surface area contributed by atoms with Crippen molar-refractivity contribution in [3.63, 3.8) is 0 Å². The van der Waals surface area contributed by atoms with Crippen LogP contribution in [0.4, 0.5) is 9.93 Å². The molecule has 48 heavy (non-hydrogen) atoms. The fourth-order valence-electron chi connectivity index (χ4n) is 4.47. The van der Waals surface area contributed by atoms with E-state index in [1.807, 2.05) is 0 Å². The first-order valence-corrected chi connectivity index (χ1v) is 17.6. The number of thioether (sulfide) groups is 2. The maximum absolute atomic E-state index is 13.7. The number of oxime groups is 1. The zero-order valence-corrected chi connectivity index (χ0v) is 30.9. The smallest absolute Gasteiger partial charge is 0.407 e. The Morgan fingerprint density at radius 1 is 1.17 bits per heavy atom. The number of β-lactam (4-membered cyclic amide) rings is 1. The number of thiazole rings is 1. The minimum absolute atomic E-state index is 0.0462. The highest BCUT2D eigenvalue weighted by Gasteiger charge is 2.62. The molecule has 1 aromatic rings. The molecular formula is C29H42BN5O10S3. The zero-order chi connectivity index (χ0) is 36.2. The van der Waals surface area contributed by atoms with Crippen molar-refractivity contribution in [1.29, 1.82) is 0 Å². The highest BCUT2D eigenvalue weighted by Crippen LogP contribution is 2.55. The van der Waals surface area contributed by atoms with Gasteiger partial charge in [-0.3, -0.25) is 14.4 Å². The van der Waals surface area contributed by atoms with Crippen LogP contribution in [0.25, 0.3) is 0 Å². The number of Topliss-reactive ketones (excluding diaryl/α,β-unsaturated/α-hetero) is 1. The normalized spacial score (nSPS) is 21.9. The second-order valence-corrected chi connectivity index (χ2v) is 17.5. The Morgan fingerprint density at radius 3 is 2.35 bits per heavy atom. The van der Waals surface area contributed by atoms with E-state index in [1.54, 1.807) is 41.5 Å². The van der Waals surface area contributed by atoms with E-state index in [2.05, 4.69) is 20.1 Å². The number of carbonyl (C=O) groups excluding carboxylic acids is 5. The molecule has 0 bridgehead atoms. The van der Waals surface area contributed by atoms with Crippen molar-refractivity contribution < 1.29 is 47.7 Å². The number of nitrogens with two attached hydrogens (primary N) is 1. The second kappa shape index (κ2) is 15.3. The van der Waals surface area contributed by atoms with Gasteiger partial charge in [0, 0.05) is 24.7 Å². The summed E-state index contributed by atoms with van der Waals surface area (Å²) in [5, 5.41) is 7.84. The van der Waals surface area contributed by atoms with Gasteiger partial charge in [-0.05, 0) is 55.4 Å². The standard InChI is InChI=1S/C29H42BN5O10S3/c1-26(2,3)42-22(38)28(7,8)45-34-19(17-13-46-24(31)33-17)18(36)10-16-20(37)35-14-29(23(39)44-30,48-21(16)35)47-12-15(11-41-9)32-25(40)43-27(4,5)6/h13,15-16,21H,10-12,14H2,1-9H3,(H2,31,33)(H,32,40)/b34-19-/t15-,16-,21?,29-/m1/s1. The predicted octanol–water partition coefficient (Wildman–Crippen LogP) is 2.65. The van der Waals surface area contributed by atoms with Crippen molar-refractivity contribution in [3.8, 4) is 0 Å². The lowest BCUT2D eigenvalue weighted by Crippen LogP contribution is -2.57. The Kier molecular flexibility index (Phi) is 12.5. The van der Waals surface area contributed by atoms with Gasteiger partial charge in [0.1, 0.15) is 16.9 Å². The number of alkyl carbamates (subject to hydrolysis) is 1. The van der Waals surface area contributed by atoms with Crippen LogP contribution in [0.15, 0.2) is 10.5 Å². The van der Waals surface area contributed by atoms with Crippen molar-refractivity contribution in [3.05, 3.63) is 11.1 Å². The molecule has 2 radical (unpaired) electrons. The molecule has 0 aliphatic carbocycles. The lowest BCUT2D eigenvalue weighted by atomic mass is 9.90. The van der Waals surface area contributed by atoms with E-state index in [-0.39, 0.29) is 47.8 Å². The number of ketones is 1. The average molecular weight is 728 g/mol. The van der Waals surface area contributed by atoms with E-state index in [0.717, 1.165) is 34.9 Å². The monoisotopic (exact) mass is 727 g/mol. The number of anilines is 1. The number of hydrogen-bond donors (Lipinski definition) is 2. The first kappa shape index (κ1) is 39.4. The predicted molar refractivity (Wildman–Crippen MR) is 182 cm³/mol. The summed E-state index contributed by atoms with van der Waals surface area (Å²) in [5.74, 6) is -3.08. The minimum Gasteiger partial charge on any atom is -0.542 e. The molecule has 2 aliphatic heterocycles. The molecule has 3 N–H and O–H groups in total. The second-order valence-electron chi connectivity index (χ2n) is 13.6. The minimum atomic E-state index is -1.57. The molecule has 2 aliphatic rings. The van der Waals surface area contributed by atoms with Crippen LogP contribution in [0.5, 0.6) is 0 Å². The number of fused-ring (bicyclic) bond motifs is 1. The molecule has 2 saturated heterocycles. The number of nitrogen functional groups attached to an aromatic ring is 1. The number of carbonyl (C=O) groups is 5. The maximum atomic E-state index is 13.7. The van der Waals surface area contributed by atoms with Crippen molar-refractivity contribution in [2.75, 3.05) is 31.7 Å².